The molecular weight excluding hydrogens is 424 g/mol. The Balaban J connectivity index is 1.31. The van der Waals surface area contributed by atoms with Gasteiger partial charge in [-0.3, -0.25) is 0 Å². The van der Waals surface area contributed by atoms with Crippen molar-refractivity contribution in [2.24, 2.45) is 5.92 Å². The third kappa shape index (κ3) is 4.99. The Kier molecular flexibility index (Phi) is 6.63. The van der Waals surface area contributed by atoms with Gasteiger partial charge in [0.2, 0.25) is 0 Å². The second kappa shape index (κ2) is 9.82. The van der Waals surface area contributed by atoms with Gasteiger partial charge in [-0.05, 0) is 60.8 Å². The van der Waals surface area contributed by atoms with Crippen molar-refractivity contribution in [1.82, 2.24) is 19.5 Å². The summed E-state index contributed by atoms with van der Waals surface area (Å²) in [5.41, 5.74) is 7.44. The van der Waals surface area contributed by atoms with E-state index in [1.54, 1.807) is 0 Å². The highest BCUT2D eigenvalue weighted by Crippen LogP contribution is 2.32. The molecule has 3 heterocycles. The third-order valence-electron chi connectivity index (χ3n) is 7.13. The molecule has 1 aliphatic heterocycles. The van der Waals surface area contributed by atoms with Crippen LogP contribution in [0, 0.1) is 5.92 Å². The lowest BCUT2D eigenvalue weighted by Gasteiger charge is -2.29. The summed E-state index contributed by atoms with van der Waals surface area (Å²) in [5.74, 6) is 0.374. The zero-order valence-corrected chi connectivity index (χ0v) is 20.1. The molecule has 1 fully saturated rings. The maximum atomic E-state index is 10.1. The van der Waals surface area contributed by atoms with Gasteiger partial charge in [-0.15, -0.1) is 0 Å². The summed E-state index contributed by atoms with van der Waals surface area (Å²) in [4.78, 5) is 7.19. The first-order valence-electron chi connectivity index (χ1n) is 12.4. The summed E-state index contributed by atoms with van der Waals surface area (Å²) >= 11 is 0. The van der Waals surface area contributed by atoms with Crippen molar-refractivity contribution < 1.29 is 10.2 Å². The van der Waals surface area contributed by atoms with Crippen molar-refractivity contribution in [3.05, 3.63) is 71.7 Å². The predicted octanol–water partition coefficient (Wildman–Crippen LogP) is 4.13. The minimum Gasteiger partial charge on any atom is -0.393 e. The molecule has 1 aliphatic carbocycles. The highest BCUT2D eigenvalue weighted by atomic mass is 16.3. The van der Waals surface area contributed by atoms with Crippen molar-refractivity contribution in [1.29, 1.82) is 0 Å². The van der Waals surface area contributed by atoms with E-state index in [9.17, 15) is 10.2 Å². The van der Waals surface area contributed by atoms with E-state index >= 15 is 0 Å². The molecule has 2 unspecified atom stereocenters. The first kappa shape index (κ1) is 23.0. The molecule has 0 bridgehead atoms. The molecular formula is C28H34N4O2. The number of piperidine rings is 1. The van der Waals surface area contributed by atoms with Crippen LogP contribution in [0.2, 0.25) is 0 Å². The summed E-state index contributed by atoms with van der Waals surface area (Å²) in [6.45, 7) is 7.01. The Hall–Kier alpha value is -2.80. The molecule has 6 nitrogen and oxygen atoms in total. The van der Waals surface area contributed by atoms with Gasteiger partial charge in [0.15, 0.2) is 5.65 Å². The number of aliphatic hydroxyl groups is 2. The molecule has 1 aromatic carbocycles. The van der Waals surface area contributed by atoms with E-state index in [4.69, 9.17) is 4.98 Å². The van der Waals surface area contributed by atoms with Gasteiger partial charge in [-0.2, -0.15) is 5.10 Å². The van der Waals surface area contributed by atoms with Crippen LogP contribution in [0.1, 0.15) is 44.2 Å². The van der Waals surface area contributed by atoms with Crippen LogP contribution in [0.3, 0.4) is 0 Å². The van der Waals surface area contributed by atoms with Gasteiger partial charge < -0.3 is 15.1 Å². The van der Waals surface area contributed by atoms with E-state index in [1.807, 2.05) is 30.0 Å². The molecule has 0 saturated carbocycles. The summed E-state index contributed by atoms with van der Waals surface area (Å²) in [7, 11) is 0. The molecule has 178 valence electrons. The maximum Gasteiger partial charge on any atom is 0.162 e. The first-order chi connectivity index (χ1) is 16.5. The Labute approximate surface area is 201 Å². The minimum atomic E-state index is -0.441. The van der Waals surface area contributed by atoms with Crippen LogP contribution in [0.4, 0.5) is 0 Å². The molecule has 2 aliphatic rings. The minimum absolute atomic E-state index is 0.117. The molecule has 0 amide bonds. The van der Waals surface area contributed by atoms with Gasteiger partial charge >= 0.3 is 0 Å². The fraction of sp³-hybridized carbons (Fsp3) is 0.429. The number of benzene rings is 1. The smallest absolute Gasteiger partial charge is 0.162 e. The molecule has 34 heavy (non-hydrogen) atoms. The lowest BCUT2D eigenvalue weighted by Crippen LogP contribution is -2.37. The summed E-state index contributed by atoms with van der Waals surface area (Å²) in [6, 6.07) is 8.71. The Bertz CT molecular complexity index is 1200. The lowest BCUT2D eigenvalue weighted by molar-refractivity contribution is 0.0832. The van der Waals surface area contributed by atoms with Gasteiger partial charge in [-0.25, -0.2) is 9.50 Å². The van der Waals surface area contributed by atoms with Crippen LogP contribution < -0.4 is 0 Å². The Morgan fingerprint density at radius 3 is 2.59 bits per heavy atom. The number of aromatic nitrogens is 3. The van der Waals surface area contributed by atoms with Crippen molar-refractivity contribution in [2.75, 3.05) is 19.6 Å². The number of hydrogen-bond donors (Lipinski definition) is 2. The van der Waals surface area contributed by atoms with Crippen molar-refractivity contribution in [3.63, 3.8) is 0 Å². The lowest BCUT2D eigenvalue weighted by atomic mass is 9.87. The topological polar surface area (TPSA) is 73.9 Å². The van der Waals surface area contributed by atoms with E-state index < -0.39 is 6.10 Å². The van der Waals surface area contributed by atoms with Crippen molar-refractivity contribution in [3.8, 4) is 11.1 Å². The maximum absolute atomic E-state index is 10.1. The Morgan fingerprint density at radius 2 is 1.85 bits per heavy atom. The molecule has 6 heteroatoms. The molecule has 5 rings (SSSR count). The quantitative estimate of drug-likeness (QED) is 0.581. The number of hydrogen-bond acceptors (Lipinski definition) is 5. The molecule has 2 atom stereocenters. The number of allylic oxidation sites excluding steroid dienone is 3. The normalized spacial score (nSPS) is 20.9. The SMILES string of the molecule is CC1C=C(c2cnn3cc(-c4ccc(CCN5CCC(O)CC5)cc4)cnc23)C=C(C(C)O)C1. The van der Waals surface area contributed by atoms with E-state index in [-0.39, 0.29) is 6.10 Å². The van der Waals surface area contributed by atoms with Gasteiger partial charge in [0, 0.05) is 43.2 Å². The fourth-order valence-corrected chi connectivity index (χ4v) is 5.02. The fourth-order valence-electron chi connectivity index (χ4n) is 5.02. The molecule has 0 spiro atoms. The zero-order chi connectivity index (χ0) is 23.7. The van der Waals surface area contributed by atoms with Crippen molar-refractivity contribution in [2.45, 2.75) is 51.7 Å². The molecule has 3 aromatic rings. The largest absolute Gasteiger partial charge is 0.393 e. The van der Waals surface area contributed by atoms with Crippen LogP contribution in [-0.2, 0) is 6.42 Å². The van der Waals surface area contributed by atoms with Crippen LogP contribution in [0.15, 0.2) is 60.6 Å². The highest BCUT2D eigenvalue weighted by molar-refractivity contribution is 5.83. The zero-order valence-electron chi connectivity index (χ0n) is 20.1. The third-order valence-corrected chi connectivity index (χ3v) is 7.13. The van der Waals surface area contributed by atoms with Crippen molar-refractivity contribution >= 4 is 11.2 Å². The second-order valence-electron chi connectivity index (χ2n) is 9.89. The van der Waals surface area contributed by atoms with Crippen LogP contribution >= 0.6 is 0 Å². The van der Waals surface area contributed by atoms with Gasteiger partial charge in [-0.1, -0.05) is 43.3 Å². The average Bonchev–Trinajstić information content (AvgIpc) is 3.27. The summed E-state index contributed by atoms with van der Waals surface area (Å²) in [5, 5.41) is 24.3. The molecule has 0 radical (unpaired) electrons. The highest BCUT2D eigenvalue weighted by Gasteiger charge is 2.19. The number of nitrogens with zero attached hydrogens (tertiary/aromatic N) is 4. The second-order valence-corrected chi connectivity index (χ2v) is 9.89. The summed E-state index contributed by atoms with van der Waals surface area (Å²) < 4.78 is 1.85. The molecule has 2 aromatic heterocycles. The van der Waals surface area contributed by atoms with E-state index in [2.05, 4.69) is 53.3 Å². The monoisotopic (exact) mass is 458 g/mol. The van der Waals surface area contributed by atoms with Crippen LogP contribution in [-0.4, -0.2) is 61.6 Å². The molecule has 1 saturated heterocycles. The van der Waals surface area contributed by atoms with Gasteiger partial charge in [0.25, 0.3) is 0 Å². The standard InChI is InChI=1S/C28H34N4O2/c1-19-13-23(20(2)33)15-24(14-19)27-17-30-32-18-25(16-29-28(27)32)22-5-3-21(4-6-22)7-10-31-11-8-26(34)9-12-31/h3-6,14-20,26,33-34H,7-13H2,1-2H3. The van der Waals surface area contributed by atoms with E-state index in [0.29, 0.717) is 5.92 Å². The predicted molar refractivity (Wildman–Crippen MR) is 135 cm³/mol. The van der Waals surface area contributed by atoms with Crippen LogP contribution in [0.5, 0.6) is 0 Å². The van der Waals surface area contributed by atoms with Gasteiger partial charge in [0.1, 0.15) is 0 Å². The van der Waals surface area contributed by atoms with E-state index in [0.717, 1.165) is 78.8 Å². The number of fused-ring (bicyclic) bond motifs is 1. The first-order valence-corrected chi connectivity index (χ1v) is 12.4. The summed E-state index contributed by atoms with van der Waals surface area (Å²) in [6.07, 6.45) is 13.3. The van der Waals surface area contributed by atoms with Gasteiger partial charge in [0.05, 0.1) is 18.4 Å². The number of likely N-dealkylation sites (tertiary alicyclic amines) is 1. The number of rotatable bonds is 6. The van der Waals surface area contributed by atoms with Crippen LogP contribution in [0.25, 0.3) is 22.3 Å². The molecule has 2 N–H and O–H groups in total. The Morgan fingerprint density at radius 1 is 1.09 bits per heavy atom. The number of aliphatic hydroxyl groups excluding tert-OH is 2. The van der Waals surface area contributed by atoms with E-state index in [1.165, 1.54) is 5.56 Å². The average molecular weight is 459 g/mol.